The van der Waals surface area contributed by atoms with Gasteiger partial charge in [0.05, 0.1) is 22.8 Å². The number of carbonyl (C=O) groups is 2. The van der Waals surface area contributed by atoms with Crippen molar-refractivity contribution in [2.45, 2.75) is 44.9 Å². The van der Waals surface area contributed by atoms with Gasteiger partial charge in [-0.05, 0) is 79.4 Å². The number of amides is 2. The molecular formula is C29H40N4O5S2. The molecule has 7 rings (SSSR count). The van der Waals surface area contributed by atoms with Gasteiger partial charge in [0.25, 0.3) is 10.1 Å². The lowest BCUT2D eigenvalue weighted by Gasteiger charge is -2.40. The highest BCUT2D eigenvalue weighted by atomic mass is 32.2. The number of piperazine rings is 1. The number of fused-ring (bicyclic) bond motifs is 6. The lowest BCUT2D eigenvalue weighted by molar-refractivity contribution is -0.142. The van der Waals surface area contributed by atoms with Crippen molar-refractivity contribution >= 4 is 49.4 Å². The Morgan fingerprint density at radius 3 is 2.10 bits per heavy atom. The second-order valence-electron chi connectivity index (χ2n) is 12.5. The van der Waals surface area contributed by atoms with Gasteiger partial charge in [0.15, 0.2) is 0 Å². The van der Waals surface area contributed by atoms with E-state index in [2.05, 4.69) is 34.1 Å². The molecule has 0 unspecified atom stereocenters. The molecule has 6 atom stereocenters. The Bertz CT molecular complexity index is 1320. The summed E-state index contributed by atoms with van der Waals surface area (Å²) in [6, 6.07) is 8.54. The zero-order valence-corrected chi connectivity index (χ0v) is 24.8. The topological polar surface area (TPSA) is 111 Å². The highest BCUT2D eigenvalue weighted by Gasteiger charge is 2.61. The minimum absolute atomic E-state index is 0.0261. The molecule has 3 aliphatic carbocycles. The maximum atomic E-state index is 13.3. The summed E-state index contributed by atoms with van der Waals surface area (Å²) in [5.41, 5.74) is 0. The van der Waals surface area contributed by atoms with Crippen molar-refractivity contribution in [3.8, 4) is 0 Å². The van der Waals surface area contributed by atoms with Crippen molar-refractivity contribution < 1.29 is 22.6 Å². The lowest BCUT2D eigenvalue weighted by atomic mass is 9.78. The maximum Gasteiger partial charge on any atom is 0.261 e. The summed E-state index contributed by atoms with van der Waals surface area (Å²) >= 11 is 1.60. The first-order valence-electron chi connectivity index (χ1n) is 14.8. The Labute approximate surface area is 240 Å². The SMILES string of the molecule is CS(=O)(=O)O.O=C1[C@@H]2[C@H]3CC[C@@H](C3)[C@@H]2C(=O)N1C[C@@H]1CCCC[C@H]1CN1CCN(c2nsc3ccccc23)CC1. The number of hydrogen-bond donors (Lipinski definition) is 1. The zero-order valence-electron chi connectivity index (χ0n) is 23.2. The number of aromatic nitrogens is 1. The predicted molar refractivity (Wildman–Crippen MR) is 156 cm³/mol. The van der Waals surface area contributed by atoms with E-state index in [1.54, 1.807) is 16.4 Å². The molecule has 2 bridgehead atoms. The number of likely N-dealkylation sites (tertiary alicyclic amines) is 1. The van der Waals surface area contributed by atoms with E-state index in [1.807, 2.05) is 0 Å². The fraction of sp³-hybridized carbons (Fsp3) is 0.690. The van der Waals surface area contributed by atoms with Gasteiger partial charge in [-0.2, -0.15) is 12.8 Å². The van der Waals surface area contributed by atoms with Gasteiger partial charge in [0.1, 0.15) is 5.82 Å². The van der Waals surface area contributed by atoms with Crippen molar-refractivity contribution in [1.82, 2.24) is 14.2 Å². The van der Waals surface area contributed by atoms with Crippen LogP contribution in [-0.4, -0.2) is 84.5 Å². The molecule has 0 spiro atoms. The number of imide groups is 1. The Hall–Kier alpha value is -2.08. The molecule has 2 saturated heterocycles. The second kappa shape index (κ2) is 11.3. The molecule has 1 N–H and O–H groups in total. The molecule has 3 saturated carbocycles. The van der Waals surface area contributed by atoms with Gasteiger partial charge in [-0.1, -0.05) is 25.0 Å². The van der Waals surface area contributed by atoms with Crippen LogP contribution in [0.3, 0.4) is 0 Å². The van der Waals surface area contributed by atoms with E-state index >= 15 is 0 Å². The van der Waals surface area contributed by atoms with Gasteiger partial charge in [-0.3, -0.25) is 23.9 Å². The Morgan fingerprint density at radius 1 is 0.900 bits per heavy atom. The summed E-state index contributed by atoms with van der Waals surface area (Å²) < 4.78 is 31.9. The molecule has 2 aliphatic heterocycles. The summed E-state index contributed by atoms with van der Waals surface area (Å²) in [5, 5.41) is 1.27. The van der Waals surface area contributed by atoms with Gasteiger partial charge < -0.3 is 4.90 Å². The van der Waals surface area contributed by atoms with Crippen molar-refractivity contribution in [3.63, 3.8) is 0 Å². The van der Waals surface area contributed by atoms with E-state index in [-0.39, 0.29) is 23.7 Å². The zero-order chi connectivity index (χ0) is 28.0. The molecule has 5 fully saturated rings. The van der Waals surface area contributed by atoms with Crippen LogP contribution in [0, 0.1) is 35.5 Å². The third kappa shape index (κ3) is 5.67. The van der Waals surface area contributed by atoms with Crippen LogP contribution in [0.4, 0.5) is 5.82 Å². The van der Waals surface area contributed by atoms with Crippen LogP contribution in [0.25, 0.3) is 10.1 Å². The smallest absolute Gasteiger partial charge is 0.261 e. The van der Waals surface area contributed by atoms with Crippen LogP contribution in [0.2, 0.25) is 0 Å². The number of benzene rings is 1. The fourth-order valence-electron chi connectivity index (χ4n) is 8.22. The standard InChI is InChI=1S/C28H36N4O2S.CH4O3S/c33-27-24-18-9-10-19(15-18)25(24)28(34)32(27)17-21-6-2-1-5-20(21)16-30-11-13-31(14-12-30)26-22-7-3-4-8-23(22)35-29-26;1-5(2,3)4/h3-4,7-8,18-21,24-25H,1-2,5-6,9-17H2;1H3,(H,2,3,4)/t18-,19-,20-,21-,24-,25+;/m0./s1. The summed E-state index contributed by atoms with van der Waals surface area (Å²) in [6.07, 6.45) is 9.07. The molecule has 1 aromatic heterocycles. The molecule has 11 heteroatoms. The summed E-state index contributed by atoms with van der Waals surface area (Å²) in [6.45, 7) is 5.93. The normalized spacial score (nSPS) is 32.5. The molecular weight excluding hydrogens is 548 g/mol. The van der Waals surface area contributed by atoms with E-state index in [0.717, 1.165) is 64.2 Å². The Balaban J connectivity index is 0.000000534. The Kier molecular flexibility index (Phi) is 7.93. The van der Waals surface area contributed by atoms with Crippen LogP contribution in [0.1, 0.15) is 44.9 Å². The molecule has 0 radical (unpaired) electrons. The first-order valence-corrected chi connectivity index (χ1v) is 17.4. The number of hydrogen-bond acceptors (Lipinski definition) is 8. The maximum absolute atomic E-state index is 13.3. The van der Waals surface area contributed by atoms with Gasteiger partial charge >= 0.3 is 0 Å². The van der Waals surface area contributed by atoms with Crippen LogP contribution < -0.4 is 4.90 Å². The first-order chi connectivity index (χ1) is 19.2. The van der Waals surface area contributed by atoms with E-state index in [0.29, 0.717) is 36.5 Å². The average Bonchev–Trinajstić information content (AvgIpc) is 3.70. The minimum Gasteiger partial charge on any atom is -0.353 e. The average molecular weight is 589 g/mol. The number of rotatable bonds is 5. The summed E-state index contributed by atoms with van der Waals surface area (Å²) in [4.78, 5) is 33.4. The second-order valence-corrected chi connectivity index (χ2v) is 14.8. The van der Waals surface area contributed by atoms with Gasteiger partial charge in [0, 0.05) is 44.7 Å². The molecule has 3 heterocycles. The van der Waals surface area contributed by atoms with Crippen molar-refractivity contribution in [3.05, 3.63) is 24.3 Å². The van der Waals surface area contributed by atoms with Gasteiger partial charge in [-0.15, -0.1) is 0 Å². The third-order valence-electron chi connectivity index (χ3n) is 10.0. The third-order valence-corrected chi connectivity index (χ3v) is 10.8. The number of anilines is 1. The molecule has 218 valence electrons. The minimum atomic E-state index is -3.67. The largest absolute Gasteiger partial charge is 0.353 e. The molecule has 1 aromatic carbocycles. The van der Waals surface area contributed by atoms with Crippen LogP contribution >= 0.6 is 11.5 Å². The first kappa shape index (κ1) is 28.1. The van der Waals surface area contributed by atoms with Crippen molar-refractivity contribution in [1.29, 1.82) is 0 Å². The lowest BCUT2D eigenvalue weighted by Crippen LogP contribution is -2.49. The van der Waals surface area contributed by atoms with Gasteiger partial charge in [-0.25, -0.2) is 0 Å². The number of nitrogens with zero attached hydrogens (tertiary/aromatic N) is 4. The monoisotopic (exact) mass is 588 g/mol. The summed E-state index contributed by atoms with van der Waals surface area (Å²) in [5.74, 6) is 3.59. The molecule has 9 nitrogen and oxygen atoms in total. The van der Waals surface area contributed by atoms with Crippen molar-refractivity contribution in [2.24, 2.45) is 35.5 Å². The number of carbonyl (C=O) groups excluding carboxylic acids is 2. The Morgan fingerprint density at radius 2 is 1.48 bits per heavy atom. The highest BCUT2D eigenvalue weighted by molar-refractivity contribution is 7.85. The van der Waals surface area contributed by atoms with Crippen LogP contribution in [0.5, 0.6) is 0 Å². The highest BCUT2D eigenvalue weighted by Crippen LogP contribution is 2.56. The molecule has 40 heavy (non-hydrogen) atoms. The molecule has 5 aliphatic rings. The van der Waals surface area contributed by atoms with E-state index in [1.165, 1.54) is 29.3 Å². The van der Waals surface area contributed by atoms with Crippen LogP contribution in [-0.2, 0) is 19.7 Å². The van der Waals surface area contributed by atoms with E-state index in [4.69, 9.17) is 8.93 Å². The molecule has 2 aromatic rings. The van der Waals surface area contributed by atoms with Crippen LogP contribution in [0.15, 0.2) is 24.3 Å². The predicted octanol–water partition coefficient (Wildman–Crippen LogP) is 3.76. The summed E-state index contributed by atoms with van der Waals surface area (Å²) in [7, 11) is -3.67. The quantitative estimate of drug-likeness (QED) is 0.415. The van der Waals surface area contributed by atoms with Crippen molar-refractivity contribution in [2.75, 3.05) is 50.4 Å². The molecule has 2 amide bonds. The van der Waals surface area contributed by atoms with E-state index in [9.17, 15) is 18.0 Å². The van der Waals surface area contributed by atoms with E-state index < -0.39 is 10.1 Å². The van der Waals surface area contributed by atoms with Gasteiger partial charge in [0.2, 0.25) is 11.8 Å². The fourth-order valence-corrected chi connectivity index (χ4v) is 9.02.